The number of nitrogen functional groups attached to an aromatic ring is 1. The number of nitrogens with one attached hydrogen (secondary N) is 6. The standard InChI is InChI=1S/C64H86ClN11O16S/c1-61(2,3)89-57(81)71-29-15-13-17-47(74-59(83)91-63(7,8)9)53(79)69-31-27-49(77)86-37-44(88-50(78)28-32-70-54(80)48(75-60(84)92-64(10,11)12)18-14-16-30-72-58(82)90-62(4,5)6)36-85-43-25-21-39(22-26-43)51-45(33-66)52(68)76-56(46(51)34-67)93-38-42-35-87-55(73-42)40-19-23-41(65)24-20-40/h19-26,35,44,47-48H,13-18,27-32,36-38H2,1-12H3,(H2,68,76)(H,69,79)(H,70,80)(H,71,81)(H,72,82)(H,74,83)(H,75,84)/t44-,47-,48-/m0/s1. The molecule has 0 radical (unpaired) electrons. The number of aromatic nitrogens is 2. The number of esters is 2. The van der Waals surface area contributed by atoms with Crippen LogP contribution in [-0.4, -0.2) is 138 Å². The van der Waals surface area contributed by atoms with Crippen molar-refractivity contribution in [2.45, 2.75) is 186 Å². The van der Waals surface area contributed by atoms with Gasteiger partial charge in [-0.25, -0.2) is 29.1 Å². The molecule has 0 aliphatic heterocycles. The first-order valence-corrected chi connectivity index (χ1v) is 31.5. The molecule has 4 rings (SSSR count). The molecule has 4 aromatic rings. The van der Waals surface area contributed by atoms with Crippen molar-refractivity contribution in [3.63, 3.8) is 0 Å². The van der Waals surface area contributed by atoms with E-state index in [1.807, 2.05) is 0 Å². The van der Waals surface area contributed by atoms with Crippen molar-refractivity contribution in [2.24, 2.45) is 0 Å². The van der Waals surface area contributed by atoms with Crippen molar-refractivity contribution in [2.75, 3.05) is 45.1 Å². The number of anilines is 1. The lowest BCUT2D eigenvalue weighted by atomic mass is 9.97. The molecule has 6 amide bonds. The van der Waals surface area contributed by atoms with Crippen molar-refractivity contribution in [1.29, 1.82) is 10.5 Å². The second kappa shape index (κ2) is 36.3. The molecule has 0 spiro atoms. The van der Waals surface area contributed by atoms with Crippen molar-refractivity contribution < 1.29 is 75.9 Å². The first kappa shape index (κ1) is 76.4. The maximum atomic E-state index is 13.5. The second-order valence-electron chi connectivity index (χ2n) is 25.0. The van der Waals surface area contributed by atoms with Crippen LogP contribution in [0.3, 0.4) is 0 Å². The minimum absolute atomic E-state index is 0.0427. The number of hydrogen-bond acceptors (Lipinski definition) is 22. The summed E-state index contributed by atoms with van der Waals surface area (Å²) in [5.41, 5.74) is 5.07. The molecule has 0 unspecified atom stereocenters. The number of benzene rings is 2. The van der Waals surface area contributed by atoms with Crippen molar-refractivity contribution >= 4 is 77.3 Å². The zero-order valence-electron chi connectivity index (χ0n) is 54.7. The van der Waals surface area contributed by atoms with Crippen LogP contribution in [0.1, 0.15) is 151 Å². The predicted octanol–water partition coefficient (Wildman–Crippen LogP) is 9.70. The van der Waals surface area contributed by atoms with E-state index in [0.29, 0.717) is 53.4 Å². The number of unbranched alkanes of at least 4 members (excludes halogenated alkanes) is 2. The molecule has 27 nitrogen and oxygen atoms in total. The first-order chi connectivity index (χ1) is 43.6. The largest absolute Gasteiger partial charge is 0.490 e. The van der Waals surface area contributed by atoms with Crippen LogP contribution >= 0.6 is 23.4 Å². The van der Waals surface area contributed by atoms with E-state index < -0.39 is 108 Å². The number of carbonyl (C=O) groups is 8. The number of amides is 6. The summed E-state index contributed by atoms with van der Waals surface area (Å²) in [5, 5.41) is 37.2. The molecule has 2 heterocycles. The Morgan fingerprint density at radius 3 is 1.55 bits per heavy atom. The van der Waals surface area contributed by atoms with Gasteiger partial charge in [0.05, 0.1) is 24.1 Å². The lowest BCUT2D eigenvalue weighted by Gasteiger charge is -2.23. The maximum absolute atomic E-state index is 13.5. The van der Waals surface area contributed by atoms with Gasteiger partial charge in [-0.05, 0) is 164 Å². The summed E-state index contributed by atoms with van der Waals surface area (Å²) in [4.78, 5) is 113. The van der Waals surface area contributed by atoms with Gasteiger partial charge in [-0.1, -0.05) is 35.5 Å². The third-order valence-electron chi connectivity index (χ3n) is 12.2. The van der Waals surface area contributed by atoms with E-state index in [1.165, 1.54) is 18.4 Å². The van der Waals surface area contributed by atoms with Crippen molar-refractivity contribution in [1.82, 2.24) is 41.9 Å². The van der Waals surface area contributed by atoms with E-state index in [9.17, 15) is 48.9 Å². The Morgan fingerprint density at radius 2 is 1.06 bits per heavy atom. The Kier molecular flexibility index (Phi) is 29.8. The normalized spacial score (nSPS) is 12.4. The third kappa shape index (κ3) is 29.9. The number of nitriles is 2. The fraction of sp³-hybridized carbons (Fsp3) is 0.531. The summed E-state index contributed by atoms with van der Waals surface area (Å²) >= 11 is 7.21. The van der Waals surface area contributed by atoms with Gasteiger partial charge in [-0.3, -0.25) is 19.2 Å². The summed E-state index contributed by atoms with van der Waals surface area (Å²) in [6, 6.07) is 15.2. The first-order valence-electron chi connectivity index (χ1n) is 30.1. The SMILES string of the molecule is CC(C)(C)OC(=O)NCCCC[C@H](NC(=O)OC(C)(C)C)C(=O)NCCC(=O)OC[C@H](COc1ccc(-c2c(C#N)c(N)nc(SCc3coc(-c4ccc(Cl)cc4)n3)c2C#N)cc1)OC(=O)CCNC(=O)[C@H](CCCCNC(=O)OC(C)(C)C)NC(=O)OC(C)(C)C. The van der Waals surface area contributed by atoms with E-state index in [4.69, 9.17) is 54.9 Å². The summed E-state index contributed by atoms with van der Waals surface area (Å²) in [6.07, 6.45) is -1.54. The predicted molar refractivity (Wildman–Crippen MR) is 344 cm³/mol. The van der Waals surface area contributed by atoms with Crippen LogP contribution in [-0.2, 0) is 53.4 Å². The number of rotatable bonds is 31. The number of thioether (sulfide) groups is 1. The van der Waals surface area contributed by atoms with Gasteiger partial charge in [-0.15, -0.1) is 0 Å². The van der Waals surface area contributed by atoms with E-state index in [-0.39, 0.29) is 84.5 Å². The van der Waals surface area contributed by atoms with Crippen LogP contribution in [0.4, 0.5) is 25.0 Å². The molecule has 8 N–H and O–H groups in total. The number of oxazole rings is 1. The number of nitrogens with two attached hydrogens (primary N) is 1. The molecule has 0 aliphatic carbocycles. The smallest absolute Gasteiger partial charge is 0.408 e. The third-order valence-corrected chi connectivity index (χ3v) is 13.4. The lowest BCUT2D eigenvalue weighted by molar-refractivity contribution is -0.160. The molecular formula is C64H86ClN11O16S. The Hall–Kier alpha value is -9.02. The number of pyridine rings is 1. The van der Waals surface area contributed by atoms with E-state index in [2.05, 4.69) is 54.0 Å². The van der Waals surface area contributed by atoms with Gasteiger partial charge in [0.15, 0.2) is 6.10 Å². The fourth-order valence-electron chi connectivity index (χ4n) is 8.17. The lowest BCUT2D eigenvalue weighted by Crippen LogP contribution is -2.48. The molecule has 0 saturated carbocycles. The van der Waals surface area contributed by atoms with Gasteiger partial charge in [0, 0.05) is 48.1 Å². The number of alkyl carbamates (subject to hydrolysis) is 4. The highest BCUT2D eigenvalue weighted by molar-refractivity contribution is 7.98. The molecule has 2 aromatic carbocycles. The molecule has 506 valence electrons. The van der Waals surface area contributed by atoms with Crippen molar-refractivity contribution in [3.05, 3.63) is 76.6 Å². The number of carbonyl (C=O) groups excluding carboxylic acids is 8. The number of hydrogen-bond donors (Lipinski definition) is 7. The highest BCUT2D eigenvalue weighted by atomic mass is 35.5. The number of halogens is 1. The van der Waals surface area contributed by atoms with Crippen LogP contribution < -0.4 is 42.4 Å². The highest BCUT2D eigenvalue weighted by Gasteiger charge is 2.28. The average molecular weight is 1330 g/mol. The van der Waals surface area contributed by atoms with E-state index in [0.717, 1.165) is 11.8 Å². The monoisotopic (exact) mass is 1330 g/mol. The number of ether oxygens (including phenoxy) is 7. The topological polar surface area (TPSA) is 386 Å². The molecular weight excluding hydrogens is 1250 g/mol. The van der Waals surface area contributed by atoms with Gasteiger partial charge in [0.1, 0.15) is 88.3 Å². The van der Waals surface area contributed by atoms with E-state index >= 15 is 0 Å². The highest BCUT2D eigenvalue weighted by Crippen LogP contribution is 2.37. The molecule has 93 heavy (non-hydrogen) atoms. The Labute approximate surface area is 551 Å². The van der Waals surface area contributed by atoms with Gasteiger partial charge in [-0.2, -0.15) is 10.5 Å². The molecule has 3 atom stereocenters. The zero-order valence-corrected chi connectivity index (χ0v) is 56.3. The molecule has 0 saturated heterocycles. The van der Waals surface area contributed by atoms with Crippen LogP contribution in [0, 0.1) is 22.7 Å². The quantitative estimate of drug-likeness (QED) is 0.0107. The van der Waals surface area contributed by atoms with Crippen LogP contribution in [0.5, 0.6) is 5.75 Å². The summed E-state index contributed by atoms with van der Waals surface area (Å²) in [6.45, 7) is 19.4. The molecule has 2 aromatic heterocycles. The van der Waals surface area contributed by atoms with Crippen molar-refractivity contribution in [3.8, 4) is 40.5 Å². The van der Waals surface area contributed by atoms with Gasteiger partial charge < -0.3 is 75.2 Å². The maximum Gasteiger partial charge on any atom is 0.408 e. The summed E-state index contributed by atoms with van der Waals surface area (Å²) in [7, 11) is 0. The minimum atomic E-state index is -1.27. The summed E-state index contributed by atoms with van der Waals surface area (Å²) < 4.78 is 44.3. The minimum Gasteiger partial charge on any atom is -0.490 e. The van der Waals surface area contributed by atoms with Crippen LogP contribution in [0.25, 0.3) is 22.6 Å². The van der Waals surface area contributed by atoms with Gasteiger partial charge in [0.2, 0.25) is 17.7 Å². The van der Waals surface area contributed by atoms with Crippen LogP contribution in [0.2, 0.25) is 5.02 Å². The average Bonchev–Trinajstić information content (AvgIpc) is 0.956. The fourth-order valence-corrected chi connectivity index (χ4v) is 9.17. The van der Waals surface area contributed by atoms with E-state index in [1.54, 1.807) is 119 Å². The molecule has 29 heteroatoms. The molecule has 0 fully saturated rings. The number of nitrogens with zero attached hydrogens (tertiary/aromatic N) is 4. The Balaban J connectivity index is 1.48. The Morgan fingerprint density at radius 1 is 0.591 bits per heavy atom. The van der Waals surface area contributed by atoms with Crippen LogP contribution in [0.15, 0.2) is 64.2 Å². The second-order valence-corrected chi connectivity index (χ2v) is 26.4. The van der Waals surface area contributed by atoms with Gasteiger partial charge in [0.25, 0.3) is 0 Å². The Bertz CT molecular complexity index is 3270. The summed E-state index contributed by atoms with van der Waals surface area (Å²) in [5.74, 6) is -2.24. The van der Waals surface area contributed by atoms with Gasteiger partial charge >= 0.3 is 36.3 Å². The zero-order chi connectivity index (χ0) is 69.1. The molecule has 0 aliphatic rings. The molecule has 0 bridgehead atoms.